The maximum Gasteiger partial charge on any atom is 0.273 e. The summed E-state index contributed by atoms with van der Waals surface area (Å²) >= 11 is 3.47. The number of aryl methyl sites for hydroxylation is 1. The molecule has 1 atom stereocenters. The summed E-state index contributed by atoms with van der Waals surface area (Å²) in [5.41, 5.74) is 1.55. The number of hydrogen-bond acceptors (Lipinski definition) is 7. The van der Waals surface area contributed by atoms with Gasteiger partial charge in [-0.3, -0.25) is 24.0 Å². The highest BCUT2D eigenvalue weighted by Gasteiger charge is 2.35. The summed E-state index contributed by atoms with van der Waals surface area (Å²) in [6.07, 6.45) is 0.165. The number of nitrogens with zero attached hydrogens (tertiary/aromatic N) is 3. The number of rotatable bonds is 14. The molecule has 0 aliphatic carbocycles. The molecule has 1 N–H and O–H groups in total. The molecule has 13 heteroatoms. The Morgan fingerprint density at radius 1 is 0.938 bits per heavy atom. The molecule has 0 radical (unpaired) electrons. The highest BCUT2D eigenvalue weighted by atomic mass is 79.9. The van der Waals surface area contributed by atoms with Gasteiger partial charge in [-0.15, -0.1) is 0 Å². The van der Waals surface area contributed by atoms with E-state index in [1.807, 2.05) is 62.4 Å². The molecule has 2 amide bonds. The highest BCUT2D eigenvalue weighted by Crippen LogP contribution is 2.30. The lowest BCUT2D eigenvalue weighted by Gasteiger charge is -2.34. The molecule has 0 saturated heterocycles. The second kappa shape index (κ2) is 15.9. The molecule has 0 aliphatic heterocycles. The molecular weight excluding hydrogens is 700 g/mol. The van der Waals surface area contributed by atoms with Crippen molar-refractivity contribution in [2.45, 2.75) is 50.7 Å². The van der Waals surface area contributed by atoms with Gasteiger partial charge in [-0.25, -0.2) is 8.42 Å². The Bertz CT molecular complexity index is 1870. The zero-order chi connectivity index (χ0) is 35.0. The van der Waals surface area contributed by atoms with E-state index in [1.165, 1.54) is 43.2 Å². The number of nitro benzene ring substituents is 1. The summed E-state index contributed by atoms with van der Waals surface area (Å²) in [4.78, 5) is 40.5. The summed E-state index contributed by atoms with van der Waals surface area (Å²) in [7, 11) is -3.08. The third-order valence-electron chi connectivity index (χ3n) is 7.55. The van der Waals surface area contributed by atoms with Gasteiger partial charge < -0.3 is 15.0 Å². The number of anilines is 1. The molecule has 48 heavy (non-hydrogen) atoms. The van der Waals surface area contributed by atoms with Gasteiger partial charge in [-0.1, -0.05) is 64.5 Å². The van der Waals surface area contributed by atoms with Gasteiger partial charge in [-0.2, -0.15) is 0 Å². The molecule has 252 valence electrons. The minimum Gasteiger partial charge on any atom is -0.497 e. The Hall–Kier alpha value is -4.75. The van der Waals surface area contributed by atoms with Gasteiger partial charge in [0.2, 0.25) is 11.8 Å². The average molecular weight is 738 g/mol. The van der Waals surface area contributed by atoms with Crippen LogP contribution in [0.1, 0.15) is 30.5 Å². The van der Waals surface area contributed by atoms with Crippen LogP contribution in [0.15, 0.2) is 106 Å². The molecule has 0 bridgehead atoms. The minimum atomic E-state index is -4.55. The Balaban J connectivity index is 1.84. The van der Waals surface area contributed by atoms with Gasteiger partial charge in [0.15, 0.2) is 0 Å². The van der Waals surface area contributed by atoms with Crippen molar-refractivity contribution in [3.8, 4) is 5.75 Å². The molecular formula is C35H37BrN4O7S. The third-order valence-corrected chi connectivity index (χ3v) is 9.81. The largest absolute Gasteiger partial charge is 0.497 e. The van der Waals surface area contributed by atoms with Crippen molar-refractivity contribution >= 4 is 49.1 Å². The molecule has 11 nitrogen and oxygen atoms in total. The van der Waals surface area contributed by atoms with E-state index in [0.29, 0.717) is 11.3 Å². The molecule has 4 rings (SSSR count). The normalized spacial score (nSPS) is 11.9. The number of halogens is 1. The van der Waals surface area contributed by atoms with E-state index >= 15 is 0 Å². The topological polar surface area (TPSA) is 139 Å². The van der Waals surface area contributed by atoms with Crippen LogP contribution in [0.5, 0.6) is 5.75 Å². The summed E-state index contributed by atoms with van der Waals surface area (Å²) < 4.78 is 35.5. The lowest BCUT2D eigenvalue weighted by atomic mass is 10.0. The van der Waals surface area contributed by atoms with Crippen molar-refractivity contribution in [1.82, 2.24) is 10.2 Å². The van der Waals surface area contributed by atoms with Crippen LogP contribution in [0.4, 0.5) is 11.4 Å². The summed E-state index contributed by atoms with van der Waals surface area (Å²) in [6.45, 7) is 4.43. The second-order valence-electron chi connectivity index (χ2n) is 11.4. The predicted molar refractivity (Wildman–Crippen MR) is 187 cm³/mol. The lowest BCUT2D eigenvalue weighted by Crippen LogP contribution is -2.54. The van der Waals surface area contributed by atoms with Gasteiger partial charge in [0.25, 0.3) is 15.7 Å². The fraction of sp³-hybridized carbons (Fsp3) is 0.257. The fourth-order valence-electron chi connectivity index (χ4n) is 5.12. The van der Waals surface area contributed by atoms with E-state index in [2.05, 4.69) is 21.2 Å². The first-order chi connectivity index (χ1) is 22.8. The number of methoxy groups -OCH3 is 1. The SMILES string of the molecule is COc1ccc(N(CC(=O)N(Cc2cccc(Br)c2)[C@H](Cc2ccccc2)C(=O)NC(C)C)S(=O)(=O)c2ccc(C)c([N+](=O)[O-])c2)cc1. The molecule has 0 heterocycles. The highest BCUT2D eigenvalue weighted by molar-refractivity contribution is 9.10. The molecule has 4 aromatic rings. The summed E-state index contributed by atoms with van der Waals surface area (Å²) in [5.74, 6) is -0.598. The first kappa shape index (κ1) is 36.1. The lowest BCUT2D eigenvalue weighted by molar-refractivity contribution is -0.385. The number of sulfonamides is 1. The van der Waals surface area contributed by atoms with Crippen LogP contribution in [-0.4, -0.2) is 55.8 Å². The minimum absolute atomic E-state index is 0.00616. The Kier molecular flexibility index (Phi) is 12.0. The monoisotopic (exact) mass is 736 g/mol. The standard InChI is InChI=1S/C35H37BrN4O7S/c1-24(2)37-35(42)33(20-26-9-6-5-7-10-26)38(22-27-11-8-12-28(36)19-27)34(41)23-39(29-14-16-30(47-4)17-15-29)48(45,46)31-18-13-25(3)32(21-31)40(43)44/h5-19,21,24,33H,20,22-23H2,1-4H3,(H,37,42)/t33-/m1/s1. The molecule has 0 aliphatic rings. The number of benzene rings is 4. The number of carbonyl (C=O) groups is 2. The first-order valence-corrected chi connectivity index (χ1v) is 17.3. The number of amides is 2. The molecule has 0 aromatic heterocycles. The Morgan fingerprint density at radius 3 is 2.21 bits per heavy atom. The van der Waals surface area contributed by atoms with Crippen molar-refractivity contribution in [2.75, 3.05) is 18.0 Å². The second-order valence-corrected chi connectivity index (χ2v) is 14.2. The molecule has 0 unspecified atom stereocenters. The van der Waals surface area contributed by atoms with Crippen molar-refractivity contribution in [1.29, 1.82) is 0 Å². The zero-order valence-electron chi connectivity index (χ0n) is 27.0. The number of ether oxygens (including phenoxy) is 1. The van der Waals surface area contributed by atoms with Gasteiger partial charge >= 0.3 is 0 Å². The van der Waals surface area contributed by atoms with Crippen LogP contribution in [0.25, 0.3) is 0 Å². The summed E-state index contributed by atoms with van der Waals surface area (Å²) in [5, 5.41) is 14.6. The van der Waals surface area contributed by atoms with E-state index < -0.39 is 39.3 Å². The van der Waals surface area contributed by atoms with Crippen molar-refractivity contribution in [3.05, 3.63) is 128 Å². The van der Waals surface area contributed by atoms with Gasteiger partial charge in [0.05, 0.1) is 22.6 Å². The maximum absolute atomic E-state index is 14.6. The van der Waals surface area contributed by atoms with Crippen LogP contribution < -0.4 is 14.4 Å². The van der Waals surface area contributed by atoms with Crippen LogP contribution in [0.3, 0.4) is 0 Å². The van der Waals surface area contributed by atoms with Crippen molar-refractivity contribution in [3.63, 3.8) is 0 Å². The molecule has 0 saturated carbocycles. The fourth-order valence-corrected chi connectivity index (χ4v) is 7.00. The number of nitrogens with one attached hydrogen (secondary N) is 1. The van der Waals surface area contributed by atoms with Crippen LogP contribution in [0.2, 0.25) is 0 Å². The van der Waals surface area contributed by atoms with Gasteiger partial charge in [0, 0.05) is 35.1 Å². The van der Waals surface area contributed by atoms with Crippen molar-refractivity contribution in [2.24, 2.45) is 0 Å². The van der Waals surface area contributed by atoms with Gasteiger partial charge in [-0.05, 0) is 74.4 Å². The van der Waals surface area contributed by atoms with E-state index in [-0.39, 0.29) is 40.8 Å². The predicted octanol–water partition coefficient (Wildman–Crippen LogP) is 6.03. The van der Waals surface area contributed by atoms with Crippen molar-refractivity contribution < 1.29 is 27.7 Å². The maximum atomic E-state index is 14.6. The smallest absolute Gasteiger partial charge is 0.273 e. The Labute approximate surface area is 288 Å². The zero-order valence-corrected chi connectivity index (χ0v) is 29.4. The average Bonchev–Trinajstić information content (AvgIpc) is 3.05. The van der Waals surface area contributed by atoms with E-state index in [1.54, 1.807) is 18.2 Å². The summed E-state index contributed by atoms with van der Waals surface area (Å²) in [6, 6.07) is 25.0. The van der Waals surface area contributed by atoms with Crippen LogP contribution in [0, 0.1) is 17.0 Å². The quantitative estimate of drug-likeness (QED) is 0.123. The van der Waals surface area contributed by atoms with E-state index in [9.17, 15) is 28.1 Å². The van der Waals surface area contributed by atoms with Crippen LogP contribution >= 0.6 is 15.9 Å². The molecule has 0 spiro atoms. The first-order valence-electron chi connectivity index (χ1n) is 15.1. The van der Waals surface area contributed by atoms with E-state index in [4.69, 9.17) is 4.74 Å². The number of nitro groups is 1. The number of hydrogen-bond donors (Lipinski definition) is 1. The Morgan fingerprint density at radius 2 is 1.60 bits per heavy atom. The van der Waals surface area contributed by atoms with Gasteiger partial charge in [0.1, 0.15) is 18.3 Å². The van der Waals surface area contributed by atoms with E-state index in [0.717, 1.165) is 20.4 Å². The molecule has 0 fully saturated rings. The number of carbonyl (C=O) groups excluding carboxylic acids is 2. The molecule has 4 aromatic carbocycles. The third kappa shape index (κ3) is 8.98. The van der Waals surface area contributed by atoms with Crippen LogP contribution in [-0.2, 0) is 32.6 Å².